The lowest BCUT2D eigenvalue weighted by Crippen LogP contribution is -2.08. The zero-order chi connectivity index (χ0) is 15.7. The SMILES string of the molecule is CCC[C@@H](C)C(=O)O.Nc1ccc(-c2ccccc2)cc1. The lowest BCUT2D eigenvalue weighted by Gasteiger charge is -2.00. The van der Waals surface area contributed by atoms with Crippen molar-refractivity contribution in [3.05, 3.63) is 54.6 Å². The number of benzene rings is 2. The summed E-state index contributed by atoms with van der Waals surface area (Å²) in [5.41, 5.74) is 8.84. The van der Waals surface area contributed by atoms with Gasteiger partial charge in [-0.05, 0) is 29.7 Å². The van der Waals surface area contributed by atoms with Crippen molar-refractivity contribution in [3.63, 3.8) is 0 Å². The van der Waals surface area contributed by atoms with Crippen molar-refractivity contribution in [2.75, 3.05) is 5.73 Å². The van der Waals surface area contributed by atoms with Crippen molar-refractivity contribution < 1.29 is 9.90 Å². The van der Waals surface area contributed by atoms with Crippen molar-refractivity contribution in [1.29, 1.82) is 0 Å². The Morgan fingerprint density at radius 2 is 1.57 bits per heavy atom. The summed E-state index contributed by atoms with van der Waals surface area (Å²) in [6, 6.07) is 18.2. The smallest absolute Gasteiger partial charge is 0.306 e. The van der Waals surface area contributed by atoms with Gasteiger partial charge in [-0.3, -0.25) is 4.79 Å². The molecule has 3 N–H and O–H groups in total. The molecular weight excluding hydrogens is 262 g/mol. The van der Waals surface area contributed by atoms with Crippen molar-refractivity contribution >= 4 is 11.7 Å². The van der Waals surface area contributed by atoms with Crippen LogP contribution in [0.2, 0.25) is 0 Å². The Morgan fingerprint density at radius 1 is 1.05 bits per heavy atom. The van der Waals surface area contributed by atoms with E-state index in [1.165, 1.54) is 11.1 Å². The lowest BCUT2D eigenvalue weighted by molar-refractivity contribution is -0.141. The molecule has 2 aromatic carbocycles. The minimum absolute atomic E-state index is 0.167. The van der Waals surface area contributed by atoms with Crippen LogP contribution in [-0.2, 0) is 4.79 Å². The Kier molecular flexibility index (Phi) is 7.02. The zero-order valence-corrected chi connectivity index (χ0v) is 12.6. The summed E-state index contributed by atoms with van der Waals surface area (Å²) in [5.74, 6) is -0.855. The molecule has 0 fully saturated rings. The van der Waals surface area contributed by atoms with E-state index in [4.69, 9.17) is 10.8 Å². The van der Waals surface area contributed by atoms with Crippen molar-refractivity contribution in [2.24, 2.45) is 5.92 Å². The van der Waals surface area contributed by atoms with Crippen LogP contribution in [0.5, 0.6) is 0 Å². The predicted octanol–water partition coefficient (Wildman–Crippen LogP) is 4.44. The largest absolute Gasteiger partial charge is 0.481 e. The number of hydrogen-bond donors (Lipinski definition) is 2. The van der Waals surface area contributed by atoms with E-state index in [0.29, 0.717) is 0 Å². The molecule has 0 spiro atoms. The fraction of sp³-hybridized carbons (Fsp3) is 0.278. The maximum absolute atomic E-state index is 10.1. The van der Waals surface area contributed by atoms with Crippen LogP contribution in [0, 0.1) is 5.92 Å². The van der Waals surface area contributed by atoms with E-state index in [0.717, 1.165) is 18.5 Å². The lowest BCUT2D eigenvalue weighted by atomic mass is 10.1. The molecule has 0 aliphatic rings. The van der Waals surface area contributed by atoms with Crippen molar-refractivity contribution in [2.45, 2.75) is 26.7 Å². The minimum Gasteiger partial charge on any atom is -0.481 e. The number of hydrogen-bond acceptors (Lipinski definition) is 2. The second-order valence-electron chi connectivity index (χ2n) is 5.02. The number of rotatable bonds is 4. The number of aliphatic carboxylic acids is 1. The van der Waals surface area contributed by atoms with E-state index in [9.17, 15) is 4.79 Å². The van der Waals surface area contributed by atoms with Gasteiger partial charge in [-0.2, -0.15) is 0 Å². The monoisotopic (exact) mass is 285 g/mol. The first kappa shape index (κ1) is 16.8. The maximum Gasteiger partial charge on any atom is 0.306 e. The average Bonchev–Trinajstić information content (AvgIpc) is 2.50. The number of carboxylic acids is 1. The topological polar surface area (TPSA) is 63.3 Å². The second-order valence-corrected chi connectivity index (χ2v) is 5.02. The summed E-state index contributed by atoms with van der Waals surface area (Å²) < 4.78 is 0. The van der Waals surface area contributed by atoms with Gasteiger partial charge >= 0.3 is 5.97 Å². The molecule has 0 bridgehead atoms. The molecular formula is C18H23NO2. The van der Waals surface area contributed by atoms with E-state index in [1.54, 1.807) is 6.92 Å². The number of nitrogen functional groups attached to an aromatic ring is 1. The third-order valence-corrected chi connectivity index (χ3v) is 3.16. The molecule has 0 amide bonds. The van der Waals surface area contributed by atoms with E-state index in [2.05, 4.69) is 12.1 Å². The number of nitrogens with two attached hydrogens (primary N) is 1. The fourth-order valence-electron chi connectivity index (χ4n) is 1.86. The highest BCUT2D eigenvalue weighted by molar-refractivity contribution is 5.69. The Labute approximate surface area is 126 Å². The van der Waals surface area contributed by atoms with Crippen LogP contribution < -0.4 is 5.73 Å². The van der Waals surface area contributed by atoms with Gasteiger partial charge in [0.15, 0.2) is 0 Å². The molecule has 21 heavy (non-hydrogen) atoms. The van der Waals surface area contributed by atoms with E-state index in [1.807, 2.05) is 49.4 Å². The van der Waals surface area contributed by atoms with Gasteiger partial charge in [0.1, 0.15) is 0 Å². The van der Waals surface area contributed by atoms with Gasteiger partial charge in [0.25, 0.3) is 0 Å². The quantitative estimate of drug-likeness (QED) is 0.816. The summed E-state index contributed by atoms with van der Waals surface area (Å²) in [5, 5.41) is 8.31. The summed E-state index contributed by atoms with van der Waals surface area (Å²) in [6.07, 6.45) is 1.74. The molecule has 0 unspecified atom stereocenters. The molecule has 2 aromatic rings. The van der Waals surface area contributed by atoms with Gasteiger partial charge in [0.05, 0.1) is 5.92 Å². The number of anilines is 1. The zero-order valence-electron chi connectivity index (χ0n) is 12.6. The molecule has 0 aliphatic carbocycles. The van der Waals surface area contributed by atoms with Crippen LogP contribution in [0.3, 0.4) is 0 Å². The fourth-order valence-corrected chi connectivity index (χ4v) is 1.86. The number of carboxylic acid groups (broad SMARTS) is 1. The van der Waals surface area contributed by atoms with Crippen LogP contribution in [0.25, 0.3) is 11.1 Å². The van der Waals surface area contributed by atoms with Gasteiger partial charge < -0.3 is 10.8 Å². The third-order valence-electron chi connectivity index (χ3n) is 3.16. The predicted molar refractivity (Wildman–Crippen MR) is 88.0 cm³/mol. The van der Waals surface area contributed by atoms with Crippen LogP contribution in [0.1, 0.15) is 26.7 Å². The summed E-state index contributed by atoms with van der Waals surface area (Å²) >= 11 is 0. The first-order chi connectivity index (χ1) is 10.0. The summed E-state index contributed by atoms with van der Waals surface area (Å²) in [6.45, 7) is 3.71. The summed E-state index contributed by atoms with van der Waals surface area (Å²) in [7, 11) is 0. The number of carbonyl (C=O) groups is 1. The van der Waals surface area contributed by atoms with Crippen LogP contribution in [0.4, 0.5) is 5.69 Å². The maximum atomic E-state index is 10.1. The third kappa shape index (κ3) is 6.13. The Bertz CT molecular complexity index is 535. The van der Waals surface area contributed by atoms with Crippen LogP contribution in [0.15, 0.2) is 54.6 Å². The highest BCUT2D eigenvalue weighted by atomic mass is 16.4. The van der Waals surface area contributed by atoms with E-state index >= 15 is 0 Å². The van der Waals surface area contributed by atoms with Crippen molar-refractivity contribution in [3.8, 4) is 11.1 Å². The average molecular weight is 285 g/mol. The standard InChI is InChI=1S/C12H11N.C6H12O2/c13-12-8-6-11(7-9-12)10-4-2-1-3-5-10;1-3-4-5(2)6(7)8/h1-9H,13H2;5H,3-4H2,1-2H3,(H,7,8)/t;5-/m.1/s1. The molecule has 0 saturated carbocycles. The highest BCUT2D eigenvalue weighted by Gasteiger charge is 2.07. The molecule has 0 aromatic heterocycles. The first-order valence-electron chi connectivity index (χ1n) is 7.18. The Morgan fingerprint density at radius 3 is 2.00 bits per heavy atom. The van der Waals surface area contributed by atoms with Crippen molar-refractivity contribution in [1.82, 2.24) is 0 Å². The molecule has 0 aliphatic heterocycles. The van der Waals surface area contributed by atoms with Gasteiger partial charge in [0, 0.05) is 5.69 Å². The molecule has 0 saturated heterocycles. The summed E-state index contributed by atoms with van der Waals surface area (Å²) in [4.78, 5) is 10.1. The normalized spacial score (nSPS) is 11.1. The molecule has 1 atom stereocenters. The van der Waals surface area contributed by atoms with Gasteiger partial charge in [-0.25, -0.2) is 0 Å². The molecule has 3 nitrogen and oxygen atoms in total. The van der Waals surface area contributed by atoms with E-state index in [-0.39, 0.29) is 5.92 Å². The molecule has 0 radical (unpaired) electrons. The minimum atomic E-state index is -0.688. The molecule has 2 rings (SSSR count). The Hall–Kier alpha value is -2.29. The molecule has 3 heteroatoms. The first-order valence-corrected chi connectivity index (χ1v) is 7.18. The van der Waals surface area contributed by atoms with Crippen LogP contribution in [-0.4, -0.2) is 11.1 Å². The second kappa shape index (κ2) is 8.80. The van der Waals surface area contributed by atoms with E-state index < -0.39 is 5.97 Å². The highest BCUT2D eigenvalue weighted by Crippen LogP contribution is 2.19. The molecule has 0 heterocycles. The van der Waals surface area contributed by atoms with Gasteiger partial charge in [-0.15, -0.1) is 0 Å². The van der Waals surface area contributed by atoms with Crippen LogP contribution >= 0.6 is 0 Å². The van der Waals surface area contributed by atoms with Gasteiger partial charge in [-0.1, -0.05) is 62.7 Å². The van der Waals surface area contributed by atoms with Gasteiger partial charge in [0.2, 0.25) is 0 Å². The Balaban J connectivity index is 0.000000240. The molecule has 112 valence electrons.